The lowest BCUT2D eigenvalue weighted by Crippen LogP contribution is -2.39. The molecule has 1 unspecified atom stereocenters. The van der Waals surface area contributed by atoms with Gasteiger partial charge in [-0.3, -0.25) is 4.90 Å². The smallest absolute Gasteiger partial charge is 0.254 e. The maximum absolute atomic E-state index is 14.5. The van der Waals surface area contributed by atoms with Gasteiger partial charge in [0.25, 0.3) is 5.88 Å². The third-order valence-corrected chi connectivity index (χ3v) is 7.44. The number of nitrogens with zero attached hydrogens (tertiary/aromatic N) is 7. The molecule has 0 saturated carbocycles. The molecular formula is C26H25Cl2F2N7O2. The molecule has 204 valence electrons. The average molecular weight is 576 g/mol. The van der Waals surface area contributed by atoms with Crippen LogP contribution in [-0.2, 0) is 24.2 Å². The van der Waals surface area contributed by atoms with Crippen molar-refractivity contribution in [2.45, 2.75) is 51.0 Å². The van der Waals surface area contributed by atoms with Gasteiger partial charge in [0.2, 0.25) is 5.82 Å². The van der Waals surface area contributed by atoms with Gasteiger partial charge in [-0.1, -0.05) is 29.3 Å². The van der Waals surface area contributed by atoms with E-state index in [0.717, 1.165) is 38.1 Å². The van der Waals surface area contributed by atoms with Crippen LogP contribution < -0.4 is 4.74 Å². The second-order valence-electron chi connectivity index (χ2n) is 9.74. The first-order valence-corrected chi connectivity index (χ1v) is 13.5. The van der Waals surface area contributed by atoms with Crippen LogP contribution in [0.2, 0.25) is 10.2 Å². The maximum Gasteiger partial charge on any atom is 0.254 e. The first kappa shape index (κ1) is 26.2. The lowest BCUT2D eigenvalue weighted by atomic mass is 10.1. The van der Waals surface area contributed by atoms with Gasteiger partial charge in [0, 0.05) is 37.2 Å². The zero-order valence-corrected chi connectivity index (χ0v) is 22.4. The van der Waals surface area contributed by atoms with Crippen LogP contribution in [-0.4, -0.2) is 66.5 Å². The molecule has 2 aliphatic heterocycles. The molecular weight excluding hydrogens is 551 g/mol. The van der Waals surface area contributed by atoms with Crippen molar-refractivity contribution in [1.29, 1.82) is 0 Å². The summed E-state index contributed by atoms with van der Waals surface area (Å²) in [7, 11) is 0. The Kier molecular flexibility index (Phi) is 7.57. The van der Waals surface area contributed by atoms with E-state index in [0.29, 0.717) is 52.8 Å². The number of likely N-dealkylation sites (tertiary alicyclic amines) is 1. The van der Waals surface area contributed by atoms with Crippen molar-refractivity contribution in [3.05, 3.63) is 69.5 Å². The minimum atomic E-state index is -0.649. The van der Waals surface area contributed by atoms with Gasteiger partial charge in [-0.15, -0.1) is 10.2 Å². The number of halogens is 4. The number of rotatable bonds is 8. The third-order valence-electron chi connectivity index (χ3n) is 7.02. The monoisotopic (exact) mass is 575 g/mol. The molecule has 0 N–H and O–H groups in total. The highest BCUT2D eigenvalue weighted by Crippen LogP contribution is 2.25. The Morgan fingerprint density at radius 1 is 1.03 bits per heavy atom. The third kappa shape index (κ3) is 5.96. The molecule has 6 rings (SSSR count). The first-order valence-electron chi connectivity index (χ1n) is 12.8. The van der Waals surface area contributed by atoms with Crippen LogP contribution in [0.1, 0.15) is 36.5 Å². The van der Waals surface area contributed by atoms with E-state index in [1.807, 2.05) is 0 Å². The zero-order valence-electron chi connectivity index (χ0n) is 20.9. The summed E-state index contributed by atoms with van der Waals surface area (Å²) in [6.45, 7) is 3.51. The van der Waals surface area contributed by atoms with Crippen LogP contribution >= 0.6 is 23.2 Å². The topological polar surface area (TPSA) is 91.1 Å². The highest BCUT2D eigenvalue weighted by atomic mass is 35.5. The summed E-state index contributed by atoms with van der Waals surface area (Å²) in [6, 6.07) is 6.10. The second kappa shape index (κ2) is 11.2. The van der Waals surface area contributed by atoms with E-state index >= 15 is 0 Å². The minimum Gasteiger partial charge on any atom is -0.472 e. The maximum atomic E-state index is 14.5. The first-order chi connectivity index (χ1) is 18.9. The van der Waals surface area contributed by atoms with Gasteiger partial charge in [-0.05, 0) is 37.0 Å². The van der Waals surface area contributed by atoms with Crippen molar-refractivity contribution < 1.29 is 18.3 Å². The molecule has 2 aliphatic rings. The Morgan fingerprint density at radius 2 is 1.85 bits per heavy atom. The van der Waals surface area contributed by atoms with Crippen LogP contribution in [0.25, 0.3) is 11.2 Å². The van der Waals surface area contributed by atoms with E-state index in [9.17, 15) is 8.78 Å². The van der Waals surface area contributed by atoms with E-state index in [4.69, 9.17) is 37.7 Å². The highest BCUT2D eigenvalue weighted by molar-refractivity contribution is 6.30. The van der Waals surface area contributed by atoms with Gasteiger partial charge < -0.3 is 14.0 Å². The SMILES string of the molecule is Fc1cc(Cl)ccc1Cc1ncc(F)c(OC2CCN(Cc3nc4cc(Cl)nnc4n3CC3CCO3)CC2)n1. The fraction of sp³-hybridized carbons (Fsp3) is 0.423. The highest BCUT2D eigenvalue weighted by Gasteiger charge is 2.27. The van der Waals surface area contributed by atoms with Crippen molar-refractivity contribution >= 4 is 34.4 Å². The van der Waals surface area contributed by atoms with Gasteiger partial charge in [0.15, 0.2) is 10.8 Å². The van der Waals surface area contributed by atoms with Crippen molar-refractivity contribution in [3.8, 4) is 5.88 Å². The zero-order chi connectivity index (χ0) is 26.9. The molecule has 1 aromatic carbocycles. The van der Waals surface area contributed by atoms with Crippen molar-refractivity contribution in [1.82, 2.24) is 34.6 Å². The van der Waals surface area contributed by atoms with E-state index in [2.05, 4.69) is 29.6 Å². The molecule has 5 heterocycles. The normalized spacial score (nSPS) is 18.4. The van der Waals surface area contributed by atoms with Crippen LogP contribution in [0.3, 0.4) is 0 Å². The number of ether oxygens (including phenoxy) is 2. The molecule has 0 amide bonds. The molecule has 3 aromatic heterocycles. The molecule has 13 heteroatoms. The Balaban J connectivity index is 1.10. The summed E-state index contributed by atoms with van der Waals surface area (Å²) in [4.78, 5) is 15.3. The Morgan fingerprint density at radius 3 is 2.59 bits per heavy atom. The summed E-state index contributed by atoms with van der Waals surface area (Å²) >= 11 is 11.9. The minimum absolute atomic E-state index is 0.0978. The molecule has 0 bridgehead atoms. The number of aromatic nitrogens is 6. The summed E-state index contributed by atoms with van der Waals surface area (Å²) in [5.41, 5.74) is 1.76. The van der Waals surface area contributed by atoms with Gasteiger partial charge in [0.05, 0.1) is 25.4 Å². The van der Waals surface area contributed by atoms with Gasteiger partial charge in [0.1, 0.15) is 29.1 Å². The van der Waals surface area contributed by atoms with Gasteiger partial charge in [-0.2, -0.15) is 9.37 Å². The van der Waals surface area contributed by atoms with Crippen molar-refractivity contribution in [2.24, 2.45) is 0 Å². The fourth-order valence-corrected chi connectivity index (χ4v) is 5.13. The molecule has 0 aliphatic carbocycles. The summed E-state index contributed by atoms with van der Waals surface area (Å²) in [5.74, 6) is -0.0934. The fourth-order valence-electron chi connectivity index (χ4n) is 4.83. The predicted octanol–water partition coefficient (Wildman–Crippen LogP) is 4.62. The lowest BCUT2D eigenvalue weighted by Gasteiger charge is -2.32. The van der Waals surface area contributed by atoms with Gasteiger partial charge >= 0.3 is 0 Å². The number of piperidine rings is 1. The molecule has 0 spiro atoms. The molecule has 2 fully saturated rings. The Hall–Kier alpha value is -2.99. The summed E-state index contributed by atoms with van der Waals surface area (Å²) in [5, 5.41) is 8.86. The van der Waals surface area contributed by atoms with Crippen molar-refractivity contribution in [3.63, 3.8) is 0 Å². The molecule has 9 nitrogen and oxygen atoms in total. The quantitative estimate of drug-likeness (QED) is 0.300. The number of imidazole rings is 1. The number of hydrogen-bond acceptors (Lipinski definition) is 8. The molecule has 2 saturated heterocycles. The van der Waals surface area contributed by atoms with E-state index in [1.165, 1.54) is 6.07 Å². The molecule has 1 atom stereocenters. The van der Waals surface area contributed by atoms with E-state index < -0.39 is 11.6 Å². The number of benzene rings is 1. The van der Waals surface area contributed by atoms with Crippen LogP contribution in [0.15, 0.2) is 30.5 Å². The number of fused-ring (bicyclic) bond motifs is 1. The standard InChI is InChI=1S/C26H25Cl2F2N7O2/c27-16-2-1-15(19(29)10-16)9-23-31-12-20(30)26(33-23)39-17-3-6-36(7-4-17)14-24-32-21-11-22(28)34-35-25(21)37(24)13-18-5-8-38-18/h1-2,10-12,17-18H,3-9,13-14H2. The van der Waals surface area contributed by atoms with Crippen molar-refractivity contribution in [2.75, 3.05) is 19.7 Å². The molecule has 0 radical (unpaired) electrons. The Labute approximate surface area is 233 Å². The molecule has 4 aromatic rings. The lowest BCUT2D eigenvalue weighted by molar-refractivity contribution is -0.0593. The largest absolute Gasteiger partial charge is 0.472 e. The van der Waals surface area contributed by atoms with Crippen LogP contribution in [0.4, 0.5) is 8.78 Å². The summed E-state index contributed by atoms with van der Waals surface area (Å²) in [6.07, 6.45) is 3.45. The Bertz CT molecular complexity index is 1490. The van der Waals surface area contributed by atoms with E-state index in [-0.39, 0.29) is 30.3 Å². The van der Waals surface area contributed by atoms with Crippen LogP contribution in [0, 0.1) is 11.6 Å². The number of hydrogen-bond donors (Lipinski definition) is 0. The summed E-state index contributed by atoms with van der Waals surface area (Å²) < 4.78 is 42.3. The predicted molar refractivity (Wildman–Crippen MR) is 140 cm³/mol. The second-order valence-corrected chi connectivity index (χ2v) is 10.6. The van der Waals surface area contributed by atoms with Crippen LogP contribution in [0.5, 0.6) is 5.88 Å². The molecule has 39 heavy (non-hydrogen) atoms. The van der Waals surface area contributed by atoms with Gasteiger partial charge in [-0.25, -0.2) is 14.4 Å². The average Bonchev–Trinajstić information content (AvgIpc) is 3.21. The van der Waals surface area contributed by atoms with E-state index in [1.54, 1.807) is 18.2 Å².